The lowest BCUT2D eigenvalue weighted by Crippen LogP contribution is -2.53. The van der Waals surface area contributed by atoms with Gasteiger partial charge < -0.3 is 5.32 Å². The molecule has 2 aliphatic rings. The third-order valence-electron chi connectivity index (χ3n) is 4.12. The van der Waals surface area contributed by atoms with Crippen LogP contribution in [0.3, 0.4) is 0 Å². The van der Waals surface area contributed by atoms with Crippen molar-refractivity contribution in [3.8, 4) is 0 Å². The molecule has 1 atom stereocenters. The molecule has 0 aromatic heterocycles. The molecular weight excluding hydrogens is 262 g/mol. The number of hydrogen-bond donors (Lipinski definition) is 1. The van der Waals surface area contributed by atoms with Crippen molar-refractivity contribution in [2.24, 2.45) is 0 Å². The molecule has 5 nitrogen and oxygen atoms in total. The minimum Gasteiger partial charge on any atom is -0.312 e. The van der Waals surface area contributed by atoms with Gasteiger partial charge in [0.1, 0.15) is 0 Å². The van der Waals surface area contributed by atoms with Crippen molar-refractivity contribution in [1.29, 1.82) is 0 Å². The van der Waals surface area contributed by atoms with Gasteiger partial charge in [-0.3, -0.25) is 0 Å². The summed E-state index contributed by atoms with van der Waals surface area (Å²) in [5.74, 6) is 0. The van der Waals surface area contributed by atoms with Crippen LogP contribution < -0.4 is 5.32 Å². The Morgan fingerprint density at radius 1 is 1.16 bits per heavy atom. The molecule has 0 amide bonds. The van der Waals surface area contributed by atoms with Crippen LogP contribution in [0.25, 0.3) is 0 Å². The molecule has 0 radical (unpaired) electrons. The van der Waals surface area contributed by atoms with E-state index in [1.165, 1.54) is 12.8 Å². The van der Waals surface area contributed by atoms with Crippen molar-refractivity contribution in [1.82, 2.24) is 13.9 Å². The Morgan fingerprint density at radius 2 is 1.84 bits per heavy atom. The number of hydrogen-bond acceptors (Lipinski definition) is 3. The van der Waals surface area contributed by atoms with E-state index in [4.69, 9.17) is 0 Å². The van der Waals surface area contributed by atoms with Gasteiger partial charge >= 0.3 is 0 Å². The van der Waals surface area contributed by atoms with E-state index in [1.807, 2.05) is 13.8 Å². The first-order valence-corrected chi connectivity index (χ1v) is 8.99. The molecule has 112 valence electrons. The largest absolute Gasteiger partial charge is 0.312 e. The molecule has 1 heterocycles. The molecule has 0 aromatic carbocycles. The van der Waals surface area contributed by atoms with Crippen molar-refractivity contribution in [2.75, 3.05) is 26.2 Å². The van der Waals surface area contributed by atoms with Crippen molar-refractivity contribution in [2.45, 2.75) is 58.0 Å². The number of rotatable bonds is 7. The van der Waals surface area contributed by atoms with Crippen molar-refractivity contribution >= 4 is 10.2 Å². The highest BCUT2D eigenvalue weighted by atomic mass is 32.2. The fourth-order valence-electron chi connectivity index (χ4n) is 2.77. The summed E-state index contributed by atoms with van der Waals surface area (Å²) in [6.07, 6.45) is 5.60. The summed E-state index contributed by atoms with van der Waals surface area (Å²) in [6.45, 7) is 6.40. The zero-order valence-electron chi connectivity index (χ0n) is 12.1. The molecule has 19 heavy (non-hydrogen) atoms. The average Bonchev–Trinajstić information content (AvgIpc) is 3.22. The van der Waals surface area contributed by atoms with Gasteiger partial charge in [-0.25, -0.2) is 0 Å². The first-order valence-electron chi connectivity index (χ1n) is 7.59. The van der Waals surface area contributed by atoms with Crippen LogP contribution in [0.4, 0.5) is 0 Å². The second-order valence-electron chi connectivity index (χ2n) is 5.53. The molecule has 0 bridgehead atoms. The Balaban J connectivity index is 2.03. The minimum atomic E-state index is -3.27. The fourth-order valence-corrected chi connectivity index (χ4v) is 4.64. The van der Waals surface area contributed by atoms with Gasteiger partial charge in [0.2, 0.25) is 0 Å². The van der Waals surface area contributed by atoms with Crippen LogP contribution >= 0.6 is 0 Å². The maximum absolute atomic E-state index is 12.6. The average molecular weight is 289 g/mol. The second kappa shape index (κ2) is 6.52. The monoisotopic (exact) mass is 289 g/mol. The Hall–Kier alpha value is -0.170. The van der Waals surface area contributed by atoms with E-state index in [0.717, 1.165) is 25.8 Å². The van der Waals surface area contributed by atoms with Gasteiger partial charge in [-0.2, -0.15) is 17.0 Å². The lowest BCUT2D eigenvalue weighted by atomic mass is 10.1. The summed E-state index contributed by atoms with van der Waals surface area (Å²) in [5, 5.41) is 3.48. The summed E-state index contributed by atoms with van der Waals surface area (Å²) >= 11 is 0. The van der Waals surface area contributed by atoms with E-state index in [1.54, 1.807) is 8.61 Å². The van der Waals surface area contributed by atoms with Gasteiger partial charge in [0, 0.05) is 38.3 Å². The SMILES string of the molecule is CCN(CC)S(=O)(=O)N1CCCCC1CNC1CC1. The summed E-state index contributed by atoms with van der Waals surface area (Å²) in [5.41, 5.74) is 0. The fraction of sp³-hybridized carbons (Fsp3) is 1.00. The van der Waals surface area contributed by atoms with Crippen molar-refractivity contribution < 1.29 is 8.42 Å². The topological polar surface area (TPSA) is 52.7 Å². The molecule has 1 aliphatic carbocycles. The zero-order valence-corrected chi connectivity index (χ0v) is 13.0. The quantitative estimate of drug-likeness (QED) is 0.766. The first-order chi connectivity index (χ1) is 9.09. The van der Waals surface area contributed by atoms with Gasteiger partial charge in [0.25, 0.3) is 10.2 Å². The van der Waals surface area contributed by atoms with E-state index >= 15 is 0 Å². The Labute approximate surface area is 117 Å². The predicted octanol–water partition coefficient (Wildman–Crippen LogP) is 1.18. The molecular formula is C13H27N3O2S. The van der Waals surface area contributed by atoms with Crippen LogP contribution in [0.5, 0.6) is 0 Å². The molecule has 2 fully saturated rings. The van der Waals surface area contributed by atoms with Crippen LogP contribution in [0, 0.1) is 0 Å². The molecule has 1 N–H and O–H groups in total. The molecule has 2 rings (SSSR count). The molecule has 1 aliphatic heterocycles. The lowest BCUT2D eigenvalue weighted by Gasteiger charge is -2.37. The highest BCUT2D eigenvalue weighted by Gasteiger charge is 2.36. The summed E-state index contributed by atoms with van der Waals surface area (Å²) in [4.78, 5) is 0. The number of piperidine rings is 1. The van der Waals surface area contributed by atoms with Crippen LogP contribution in [0.1, 0.15) is 46.0 Å². The normalized spacial score (nSPS) is 25.9. The Morgan fingerprint density at radius 3 is 2.42 bits per heavy atom. The van der Waals surface area contributed by atoms with Crippen LogP contribution in [0.2, 0.25) is 0 Å². The van der Waals surface area contributed by atoms with Gasteiger partial charge in [0.05, 0.1) is 0 Å². The highest BCUT2D eigenvalue weighted by Crippen LogP contribution is 2.24. The maximum Gasteiger partial charge on any atom is 0.282 e. The smallest absolute Gasteiger partial charge is 0.282 e. The van der Waals surface area contributed by atoms with Crippen LogP contribution in [0.15, 0.2) is 0 Å². The molecule has 1 saturated carbocycles. The highest BCUT2D eigenvalue weighted by molar-refractivity contribution is 7.86. The second-order valence-corrected chi connectivity index (χ2v) is 7.42. The Kier molecular flexibility index (Phi) is 5.22. The first kappa shape index (κ1) is 15.2. The molecule has 1 unspecified atom stereocenters. The van der Waals surface area contributed by atoms with Crippen molar-refractivity contribution in [3.63, 3.8) is 0 Å². The number of nitrogens with one attached hydrogen (secondary N) is 1. The summed E-state index contributed by atoms with van der Waals surface area (Å²) in [7, 11) is -3.27. The van der Waals surface area contributed by atoms with E-state index < -0.39 is 10.2 Å². The van der Waals surface area contributed by atoms with Gasteiger partial charge in [-0.15, -0.1) is 0 Å². The van der Waals surface area contributed by atoms with E-state index in [9.17, 15) is 8.42 Å². The van der Waals surface area contributed by atoms with E-state index in [0.29, 0.717) is 25.7 Å². The van der Waals surface area contributed by atoms with E-state index in [-0.39, 0.29) is 6.04 Å². The van der Waals surface area contributed by atoms with Crippen LogP contribution in [-0.2, 0) is 10.2 Å². The summed E-state index contributed by atoms with van der Waals surface area (Å²) < 4.78 is 28.6. The molecule has 0 spiro atoms. The molecule has 6 heteroatoms. The lowest BCUT2D eigenvalue weighted by molar-refractivity contribution is 0.227. The summed E-state index contributed by atoms with van der Waals surface area (Å²) in [6, 6.07) is 0.778. The third kappa shape index (κ3) is 3.68. The zero-order chi connectivity index (χ0) is 13.9. The predicted molar refractivity (Wildman–Crippen MR) is 77.2 cm³/mol. The van der Waals surface area contributed by atoms with Crippen molar-refractivity contribution in [3.05, 3.63) is 0 Å². The Bertz CT molecular complexity index is 377. The molecule has 1 saturated heterocycles. The maximum atomic E-state index is 12.6. The van der Waals surface area contributed by atoms with Gasteiger partial charge in [-0.1, -0.05) is 20.3 Å². The van der Waals surface area contributed by atoms with E-state index in [2.05, 4.69) is 5.32 Å². The minimum absolute atomic E-state index is 0.139. The van der Waals surface area contributed by atoms with Gasteiger partial charge in [-0.05, 0) is 25.7 Å². The van der Waals surface area contributed by atoms with Gasteiger partial charge in [0.15, 0.2) is 0 Å². The molecule has 0 aromatic rings. The number of nitrogens with zero attached hydrogens (tertiary/aromatic N) is 2. The van der Waals surface area contributed by atoms with Crippen LogP contribution in [-0.4, -0.2) is 55.3 Å². The standard InChI is InChI=1S/C13H27N3O2S/c1-3-15(4-2)19(17,18)16-10-6-5-7-13(16)11-14-12-8-9-12/h12-14H,3-11H2,1-2H3. The third-order valence-corrected chi connectivity index (χ3v) is 6.36.